The average Bonchev–Trinajstić information content (AvgIpc) is 2.15. The topological polar surface area (TPSA) is 26.3 Å². The molecule has 1 unspecified atom stereocenters. The van der Waals surface area contributed by atoms with Gasteiger partial charge >= 0.3 is 5.97 Å². The largest absolute Gasteiger partial charge is 0.463 e. The molecule has 0 saturated heterocycles. The minimum absolute atomic E-state index is 0. The van der Waals surface area contributed by atoms with Gasteiger partial charge in [-0.3, -0.25) is 4.79 Å². The molecule has 0 bridgehead atoms. The van der Waals surface area contributed by atoms with Crippen molar-refractivity contribution in [3.05, 3.63) is 0 Å². The molecule has 0 fully saturated rings. The number of carbonyl (C=O) groups excluding carboxylic acids is 1. The van der Waals surface area contributed by atoms with E-state index in [0.29, 0.717) is 6.42 Å². The first kappa shape index (κ1) is 17.4. The molecule has 1 radical (unpaired) electrons. The van der Waals surface area contributed by atoms with Crippen LogP contribution in [0.1, 0.15) is 65.7 Å². The third-order valence-electron chi connectivity index (χ3n) is 2.28. The molecule has 0 aliphatic heterocycles. The summed E-state index contributed by atoms with van der Waals surface area (Å²) in [4.78, 5) is 11.3. The van der Waals surface area contributed by atoms with Crippen LogP contribution in [-0.4, -0.2) is 12.1 Å². The Morgan fingerprint density at radius 1 is 1.13 bits per heavy atom. The SMILES string of the molecule is CCCCCC(=O)OC(C)CCCC.[Cu]. The first-order valence-electron chi connectivity index (χ1n) is 5.90. The smallest absolute Gasteiger partial charge is 0.306 e. The second-order valence-electron chi connectivity index (χ2n) is 3.90. The summed E-state index contributed by atoms with van der Waals surface area (Å²) < 4.78 is 5.26. The van der Waals surface area contributed by atoms with Gasteiger partial charge in [-0.1, -0.05) is 39.5 Å². The predicted molar refractivity (Wildman–Crippen MR) is 59.2 cm³/mol. The van der Waals surface area contributed by atoms with Crippen molar-refractivity contribution in [2.75, 3.05) is 0 Å². The molecule has 15 heavy (non-hydrogen) atoms. The Hall–Kier alpha value is -0.0105. The molecule has 95 valence electrons. The molecule has 0 rings (SSSR count). The zero-order chi connectivity index (χ0) is 10.8. The van der Waals surface area contributed by atoms with Crippen molar-refractivity contribution < 1.29 is 26.6 Å². The van der Waals surface area contributed by atoms with Crippen molar-refractivity contribution in [3.63, 3.8) is 0 Å². The Bertz CT molecular complexity index is 149. The Kier molecular flexibility index (Phi) is 14.0. The van der Waals surface area contributed by atoms with Crippen molar-refractivity contribution in [1.82, 2.24) is 0 Å². The van der Waals surface area contributed by atoms with E-state index in [4.69, 9.17) is 4.74 Å². The van der Waals surface area contributed by atoms with Crippen LogP contribution in [0, 0.1) is 0 Å². The minimum Gasteiger partial charge on any atom is -0.463 e. The van der Waals surface area contributed by atoms with Crippen LogP contribution in [0.5, 0.6) is 0 Å². The maximum Gasteiger partial charge on any atom is 0.306 e. The number of carbonyl (C=O) groups is 1. The van der Waals surface area contributed by atoms with Gasteiger partial charge in [-0.05, 0) is 19.8 Å². The Morgan fingerprint density at radius 3 is 2.27 bits per heavy atom. The summed E-state index contributed by atoms with van der Waals surface area (Å²) in [5.41, 5.74) is 0. The van der Waals surface area contributed by atoms with E-state index in [9.17, 15) is 4.79 Å². The van der Waals surface area contributed by atoms with Gasteiger partial charge in [0, 0.05) is 23.5 Å². The number of hydrogen-bond acceptors (Lipinski definition) is 2. The summed E-state index contributed by atoms with van der Waals surface area (Å²) in [6.07, 6.45) is 7.23. The van der Waals surface area contributed by atoms with Crippen LogP contribution in [0.25, 0.3) is 0 Å². The summed E-state index contributed by atoms with van der Waals surface area (Å²) in [6, 6.07) is 0. The van der Waals surface area contributed by atoms with Gasteiger partial charge in [0.2, 0.25) is 0 Å². The number of esters is 1. The van der Waals surface area contributed by atoms with E-state index in [1.807, 2.05) is 6.92 Å². The van der Waals surface area contributed by atoms with Gasteiger partial charge < -0.3 is 4.74 Å². The van der Waals surface area contributed by atoms with Gasteiger partial charge in [-0.2, -0.15) is 0 Å². The van der Waals surface area contributed by atoms with Crippen LogP contribution in [0.2, 0.25) is 0 Å². The van der Waals surface area contributed by atoms with Gasteiger partial charge in [0.15, 0.2) is 0 Å². The Labute approximate surface area is 105 Å². The predicted octanol–water partition coefficient (Wildman–Crippen LogP) is 3.69. The summed E-state index contributed by atoms with van der Waals surface area (Å²) in [6.45, 7) is 6.26. The van der Waals surface area contributed by atoms with Gasteiger partial charge in [0.25, 0.3) is 0 Å². The summed E-state index contributed by atoms with van der Waals surface area (Å²) in [5.74, 6) is -0.0259. The number of ether oxygens (including phenoxy) is 1. The molecule has 0 aromatic rings. The van der Waals surface area contributed by atoms with Crippen molar-refractivity contribution in [2.24, 2.45) is 0 Å². The van der Waals surface area contributed by atoms with Crippen LogP contribution in [0.15, 0.2) is 0 Å². The third-order valence-corrected chi connectivity index (χ3v) is 2.28. The molecule has 0 spiro atoms. The van der Waals surface area contributed by atoms with Crippen molar-refractivity contribution in [1.29, 1.82) is 0 Å². The molecule has 0 saturated carbocycles. The van der Waals surface area contributed by atoms with E-state index in [1.165, 1.54) is 0 Å². The first-order valence-corrected chi connectivity index (χ1v) is 5.90. The molecule has 0 N–H and O–H groups in total. The number of unbranched alkanes of at least 4 members (excludes halogenated alkanes) is 3. The van der Waals surface area contributed by atoms with Crippen LogP contribution in [0.4, 0.5) is 0 Å². The van der Waals surface area contributed by atoms with Gasteiger partial charge in [-0.25, -0.2) is 0 Å². The standard InChI is InChI=1S/C12H24O2.Cu/c1-4-6-8-10-12(13)14-11(3)9-7-5-2;/h11H,4-10H2,1-3H3;. The maximum atomic E-state index is 11.3. The second-order valence-corrected chi connectivity index (χ2v) is 3.90. The molecule has 0 aromatic heterocycles. The Morgan fingerprint density at radius 2 is 1.73 bits per heavy atom. The van der Waals surface area contributed by atoms with Crippen LogP contribution in [-0.2, 0) is 26.6 Å². The molecule has 1 atom stereocenters. The van der Waals surface area contributed by atoms with E-state index in [1.54, 1.807) is 0 Å². The molecule has 0 aliphatic carbocycles. The van der Waals surface area contributed by atoms with Gasteiger partial charge in [0.05, 0.1) is 6.10 Å². The maximum absolute atomic E-state index is 11.3. The number of hydrogen-bond donors (Lipinski definition) is 0. The fourth-order valence-electron chi connectivity index (χ4n) is 1.35. The zero-order valence-electron chi connectivity index (χ0n) is 10.1. The third kappa shape index (κ3) is 11.9. The summed E-state index contributed by atoms with van der Waals surface area (Å²) in [7, 11) is 0. The molecule has 0 aromatic carbocycles. The molecular weight excluding hydrogens is 240 g/mol. The first-order chi connectivity index (χ1) is 6.70. The molecule has 0 aliphatic rings. The van der Waals surface area contributed by atoms with Crippen molar-refractivity contribution >= 4 is 5.97 Å². The normalized spacial score (nSPS) is 11.7. The van der Waals surface area contributed by atoms with Crippen LogP contribution < -0.4 is 0 Å². The van der Waals surface area contributed by atoms with Crippen molar-refractivity contribution in [3.8, 4) is 0 Å². The number of rotatable bonds is 8. The van der Waals surface area contributed by atoms with Crippen LogP contribution >= 0.6 is 0 Å². The van der Waals surface area contributed by atoms with E-state index in [0.717, 1.165) is 38.5 Å². The molecule has 2 nitrogen and oxygen atoms in total. The minimum atomic E-state index is -0.0259. The average molecular weight is 264 g/mol. The van der Waals surface area contributed by atoms with Crippen molar-refractivity contribution in [2.45, 2.75) is 71.8 Å². The fraction of sp³-hybridized carbons (Fsp3) is 0.917. The van der Waals surface area contributed by atoms with E-state index in [2.05, 4.69) is 13.8 Å². The molecule has 0 amide bonds. The second kappa shape index (κ2) is 12.1. The fourth-order valence-corrected chi connectivity index (χ4v) is 1.35. The molecular formula is C12H24CuO2. The molecule has 3 heteroatoms. The summed E-state index contributed by atoms with van der Waals surface area (Å²) in [5, 5.41) is 0. The van der Waals surface area contributed by atoms with Gasteiger partial charge in [0.1, 0.15) is 0 Å². The van der Waals surface area contributed by atoms with Crippen LogP contribution in [0.3, 0.4) is 0 Å². The van der Waals surface area contributed by atoms with E-state index in [-0.39, 0.29) is 29.1 Å². The Balaban J connectivity index is 0. The monoisotopic (exact) mass is 263 g/mol. The molecule has 0 heterocycles. The quantitative estimate of drug-likeness (QED) is 0.379. The van der Waals surface area contributed by atoms with Gasteiger partial charge in [-0.15, -0.1) is 0 Å². The summed E-state index contributed by atoms with van der Waals surface area (Å²) >= 11 is 0. The van der Waals surface area contributed by atoms with E-state index < -0.39 is 0 Å². The zero-order valence-corrected chi connectivity index (χ0v) is 11.1. The van der Waals surface area contributed by atoms with E-state index >= 15 is 0 Å².